The van der Waals surface area contributed by atoms with Crippen LogP contribution in [0, 0.1) is 0 Å². The molecular weight excluding hydrogens is 306 g/mol. The van der Waals surface area contributed by atoms with E-state index in [-0.39, 0.29) is 0 Å². The second-order valence-corrected chi connectivity index (χ2v) is 5.21. The molecule has 0 heterocycles. The van der Waals surface area contributed by atoms with Gasteiger partial charge in [-0.2, -0.15) is 0 Å². The summed E-state index contributed by atoms with van der Waals surface area (Å²) in [5.41, 5.74) is 1.95. The van der Waals surface area contributed by atoms with Crippen LogP contribution in [0.4, 0.5) is 0 Å². The largest absolute Gasteiger partial charge is 0.493 e. The molecule has 0 aromatic heterocycles. The summed E-state index contributed by atoms with van der Waals surface area (Å²) in [6.07, 6.45) is 3.52. The van der Waals surface area contributed by atoms with E-state index in [1.807, 2.05) is 12.1 Å². The van der Waals surface area contributed by atoms with Gasteiger partial charge in [-0.1, -0.05) is 36.7 Å². The molecule has 0 fully saturated rings. The Morgan fingerprint density at radius 3 is 2.46 bits per heavy atom. The SMILES string of the molecule is CCCc1ccc(OCCOc2c(/C=N/O)cccc2OC)cc1. The van der Waals surface area contributed by atoms with Crippen LogP contribution in [0.15, 0.2) is 47.6 Å². The van der Waals surface area contributed by atoms with E-state index >= 15 is 0 Å². The van der Waals surface area contributed by atoms with Crippen molar-refractivity contribution >= 4 is 6.21 Å². The van der Waals surface area contributed by atoms with Crippen LogP contribution in [0.1, 0.15) is 24.5 Å². The molecule has 0 bridgehead atoms. The van der Waals surface area contributed by atoms with Crippen LogP contribution in [-0.4, -0.2) is 31.7 Å². The van der Waals surface area contributed by atoms with E-state index in [1.165, 1.54) is 11.8 Å². The molecule has 0 spiro atoms. The van der Waals surface area contributed by atoms with Gasteiger partial charge in [0.05, 0.1) is 13.3 Å². The van der Waals surface area contributed by atoms with Crippen molar-refractivity contribution in [1.82, 2.24) is 0 Å². The van der Waals surface area contributed by atoms with Gasteiger partial charge >= 0.3 is 0 Å². The molecular formula is C19H23NO4. The lowest BCUT2D eigenvalue weighted by Gasteiger charge is -2.13. The predicted molar refractivity (Wildman–Crippen MR) is 93.8 cm³/mol. The fraction of sp³-hybridized carbons (Fsp3) is 0.316. The minimum absolute atomic E-state index is 0.351. The van der Waals surface area contributed by atoms with Crippen LogP contribution in [0.5, 0.6) is 17.2 Å². The zero-order chi connectivity index (χ0) is 17.2. The van der Waals surface area contributed by atoms with Crippen molar-refractivity contribution < 1.29 is 19.4 Å². The number of ether oxygens (including phenoxy) is 3. The van der Waals surface area contributed by atoms with E-state index in [0.717, 1.165) is 18.6 Å². The molecule has 128 valence electrons. The monoisotopic (exact) mass is 329 g/mol. The van der Waals surface area contributed by atoms with E-state index in [0.29, 0.717) is 30.3 Å². The normalized spacial score (nSPS) is 10.8. The molecule has 0 aliphatic rings. The van der Waals surface area contributed by atoms with Gasteiger partial charge in [0.15, 0.2) is 11.5 Å². The van der Waals surface area contributed by atoms with Gasteiger partial charge in [0.25, 0.3) is 0 Å². The van der Waals surface area contributed by atoms with E-state index < -0.39 is 0 Å². The van der Waals surface area contributed by atoms with Crippen molar-refractivity contribution in [2.45, 2.75) is 19.8 Å². The molecule has 0 amide bonds. The first kappa shape index (κ1) is 17.7. The summed E-state index contributed by atoms with van der Waals surface area (Å²) in [6.45, 7) is 2.92. The molecule has 5 heteroatoms. The Bertz CT molecular complexity index is 653. The Kier molecular flexibility index (Phi) is 6.95. The van der Waals surface area contributed by atoms with Gasteiger partial charge in [-0.15, -0.1) is 0 Å². The maximum Gasteiger partial charge on any atom is 0.170 e. The number of aryl methyl sites for hydroxylation is 1. The number of benzene rings is 2. The Morgan fingerprint density at radius 1 is 1.04 bits per heavy atom. The summed E-state index contributed by atoms with van der Waals surface area (Å²) in [7, 11) is 1.57. The lowest BCUT2D eigenvalue weighted by molar-refractivity contribution is 0.211. The minimum atomic E-state index is 0.351. The topological polar surface area (TPSA) is 60.3 Å². The molecule has 2 aromatic carbocycles. The number of nitrogens with zero attached hydrogens (tertiary/aromatic N) is 1. The molecule has 1 N–H and O–H groups in total. The molecule has 0 saturated carbocycles. The van der Waals surface area contributed by atoms with Crippen molar-refractivity contribution in [3.8, 4) is 17.2 Å². The number of hydrogen-bond acceptors (Lipinski definition) is 5. The molecule has 0 aliphatic heterocycles. The van der Waals surface area contributed by atoms with Gasteiger partial charge in [0.2, 0.25) is 0 Å². The Balaban J connectivity index is 1.90. The molecule has 24 heavy (non-hydrogen) atoms. The van der Waals surface area contributed by atoms with Crippen molar-refractivity contribution in [3.05, 3.63) is 53.6 Å². The molecule has 2 aromatic rings. The number of oxime groups is 1. The zero-order valence-corrected chi connectivity index (χ0v) is 14.1. The van der Waals surface area contributed by atoms with Gasteiger partial charge < -0.3 is 19.4 Å². The fourth-order valence-electron chi connectivity index (χ4n) is 2.36. The van der Waals surface area contributed by atoms with Crippen LogP contribution in [0.25, 0.3) is 0 Å². The van der Waals surface area contributed by atoms with Crippen LogP contribution in [0.2, 0.25) is 0 Å². The molecule has 0 atom stereocenters. The summed E-state index contributed by atoms with van der Waals surface area (Å²) in [4.78, 5) is 0. The molecule has 0 aliphatic carbocycles. The highest BCUT2D eigenvalue weighted by molar-refractivity contribution is 5.84. The third kappa shape index (κ3) is 4.91. The molecule has 0 radical (unpaired) electrons. The van der Waals surface area contributed by atoms with Crippen molar-refractivity contribution in [2.24, 2.45) is 5.16 Å². The lowest BCUT2D eigenvalue weighted by Crippen LogP contribution is -2.10. The fourth-order valence-corrected chi connectivity index (χ4v) is 2.36. The van der Waals surface area contributed by atoms with E-state index in [4.69, 9.17) is 19.4 Å². The highest BCUT2D eigenvalue weighted by Gasteiger charge is 2.09. The Morgan fingerprint density at radius 2 is 1.79 bits per heavy atom. The first-order valence-electron chi connectivity index (χ1n) is 7.97. The molecule has 0 unspecified atom stereocenters. The highest BCUT2D eigenvalue weighted by Crippen LogP contribution is 2.30. The third-order valence-corrected chi connectivity index (χ3v) is 3.49. The Labute approximate surface area is 142 Å². The number of rotatable bonds is 9. The van der Waals surface area contributed by atoms with E-state index in [2.05, 4.69) is 24.2 Å². The predicted octanol–water partition coefficient (Wildman–Crippen LogP) is 3.91. The molecule has 5 nitrogen and oxygen atoms in total. The summed E-state index contributed by atoms with van der Waals surface area (Å²) in [6, 6.07) is 13.5. The van der Waals surface area contributed by atoms with Gasteiger partial charge in [0, 0.05) is 5.56 Å². The average molecular weight is 329 g/mol. The minimum Gasteiger partial charge on any atom is -0.493 e. The van der Waals surface area contributed by atoms with Crippen molar-refractivity contribution in [2.75, 3.05) is 20.3 Å². The molecule has 0 saturated heterocycles. The summed E-state index contributed by atoms with van der Waals surface area (Å²) in [5.74, 6) is 1.92. The van der Waals surface area contributed by atoms with Crippen molar-refractivity contribution in [3.63, 3.8) is 0 Å². The smallest absolute Gasteiger partial charge is 0.170 e. The quantitative estimate of drug-likeness (QED) is 0.328. The van der Waals surface area contributed by atoms with Crippen LogP contribution in [0.3, 0.4) is 0 Å². The van der Waals surface area contributed by atoms with Gasteiger partial charge in [-0.25, -0.2) is 0 Å². The Hall–Kier alpha value is -2.69. The van der Waals surface area contributed by atoms with Crippen LogP contribution < -0.4 is 14.2 Å². The second-order valence-electron chi connectivity index (χ2n) is 5.21. The number of hydrogen-bond donors (Lipinski definition) is 1. The summed E-state index contributed by atoms with van der Waals surface area (Å²) >= 11 is 0. The third-order valence-electron chi connectivity index (χ3n) is 3.49. The lowest BCUT2D eigenvalue weighted by atomic mass is 10.1. The number of methoxy groups -OCH3 is 1. The first-order chi connectivity index (χ1) is 11.8. The number of para-hydroxylation sites is 1. The van der Waals surface area contributed by atoms with E-state index in [1.54, 1.807) is 25.3 Å². The van der Waals surface area contributed by atoms with Gasteiger partial charge in [-0.05, 0) is 36.2 Å². The average Bonchev–Trinajstić information content (AvgIpc) is 2.61. The second kappa shape index (κ2) is 9.45. The van der Waals surface area contributed by atoms with Crippen LogP contribution in [-0.2, 0) is 6.42 Å². The van der Waals surface area contributed by atoms with E-state index in [9.17, 15) is 0 Å². The van der Waals surface area contributed by atoms with Gasteiger partial charge in [0.1, 0.15) is 19.0 Å². The molecule has 2 rings (SSSR count). The van der Waals surface area contributed by atoms with Gasteiger partial charge in [-0.3, -0.25) is 0 Å². The summed E-state index contributed by atoms with van der Waals surface area (Å²) < 4.78 is 16.7. The van der Waals surface area contributed by atoms with Crippen LogP contribution >= 0.6 is 0 Å². The maximum absolute atomic E-state index is 8.74. The van der Waals surface area contributed by atoms with Crippen molar-refractivity contribution in [1.29, 1.82) is 0 Å². The standard InChI is InChI=1S/C19H23NO4/c1-3-5-15-8-10-17(11-9-15)23-12-13-24-19-16(14-20-21)6-4-7-18(19)22-2/h4,6-11,14,21H,3,5,12-13H2,1-2H3/b20-14+. The first-order valence-corrected chi connectivity index (χ1v) is 7.97. The summed E-state index contributed by atoms with van der Waals surface area (Å²) in [5, 5.41) is 11.8. The highest BCUT2D eigenvalue weighted by atomic mass is 16.5. The maximum atomic E-state index is 8.74. The zero-order valence-electron chi connectivity index (χ0n) is 14.1.